The second-order valence-corrected chi connectivity index (χ2v) is 5.26. The number of benzene rings is 1. The number of nitrogens with two attached hydrogens (primary N) is 1. The largest absolute Gasteiger partial charge is 0.388 e. The lowest BCUT2D eigenvalue weighted by Gasteiger charge is -2.25. The Morgan fingerprint density at radius 3 is 2.45 bits per heavy atom. The third kappa shape index (κ3) is 5.31. The lowest BCUT2D eigenvalue weighted by molar-refractivity contribution is -0.122. The molecular formula is C16H26N2O2. The number of hydrogen-bond donors (Lipinski definition) is 3. The molecule has 0 saturated heterocycles. The van der Waals surface area contributed by atoms with Gasteiger partial charge >= 0.3 is 0 Å². The SMILES string of the molecule is CCC(O)(CC)CNC(=O)CCC(N)c1ccccc1. The summed E-state index contributed by atoms with van der Waals surface area (Å²) in [5, 5.41) is 12.9. The first-order valence-corrected chi connectivity index (χ1v) is 7.30. The van der Waals surface area contributed by atoms with Crippen LogP contribution in [-0.4, -0.2) is 23.2 Å². The fraction of sp³-hybridized carbons (Fsp3) is 0.562. The Bertz CT molecular complexity index is 402. The van der Waals surface area contributed by atoms with Gasteiger partial charge in [0.2, 0.25) is 5.91 Å². The van der Waals surface area contributed by atoms with Crippen LogP contribution in [0.3, 0.4) is 0 Å². The Labute approximate surface area is 121 Å². The van der Waals surface area contributed by atoms with Crippen molar-refractivity contribution in [3.63, 3.8) is 0 Å². The third-order valence-electron chi connectivity index (χ3n) is 3.84. The number of hydrogen-bond acceptors (Lipinski definition) is 3. The molecule has 0 fully saturated rings. The molecule has 0 bridgehead atoms. The normalized spacial score (nSPS) is 13.0. The summed E-state index contributed by atoms with van der Waals surface area (Å²) in [6.07, 6.45) is 2.24. The molecule has 112 valence electrons. The van der Waals surface area contributed by atoms with E-state index in [0.29, 0.717) is 32.2 Å². The summed E-state index contributed by atoms with van der Waals surface area (Å²) in [4.78, 5) is 11.8. The molecule has 0 aliphatic rings. The van der Waals surface area contributed by atoms with E-state index in [1.165, 1.54) is 0 Å². The Morgan fingerprint density at radius 1 is 1.30 bits per heavy atom. The highest BCUT2D eigenvalue weighted by Gasteiger charge is 2.22. The molecule has 4 heteroatoms. The van der Waals surface area contributed by atoms with Crippen LogP contribution < -0.4 is 11.1 Å². The predicted molar refractivity (Wildman–Crippen MR) is 81.1 cm³/mol. The predicted octanol–water partition coefficient (Wildman–Crippen LogP) is 2.13. The smallest absolute Gasteiger partial charge is 0.220 e. The summed E-state index contributed by atoms with van der Waals surface area (Å²) in [7, 11) is 0. The molecule has 1 unspecified atom stereocenters. The minimum atomic E-state index is -0.794. The van der Waals surface area contributed by atoms with Crippen LogP contribution in [0.5, 0.6) is 0 Å². The van der Waals surface area contributed by atoms with Crippen LogP contribution >= 0.6 is 0 Å². The minimum Gasteiger partial charge on any atom is -0.388 e. The maximum absolute atomic E-state index is 11.8. The van der Waals surface area contributed by atoms with E-state index in [1.54, 1.807) is 0 Å². The van der Waals surface area contributed by atoms with E-state index in [0.717, 1.165) is 5.56 Å². The van der Waals surface area contributed by atoms with E-state index in [1.807, 2.05) is 44.2 Å². The summed E-state index contributed by atoms with van der Waals surface area (Å²) >= 11 is 0. The van der Waals surface area contributed by atoms with Gasteiger partial charge in [0.25, 0.3) is 0 Å². The zero-order valence-electron chi connectivity index (χ0n) is 12.4. The molecule has 4 nitrogen and oxygen atoms in total. The Hall–Kier alpha value is -1.39. The summed E-state index contributed by atoms with van der Waals surface area (Å²) in [6.45, 7) is 4.14. The molecule has 0 aliphatic heterocycles. The zero-order valence-corrected chi connectivity index (χ0v) is 12.4. The van der Waals surface area contributed by atoms with Crippen molar-refractivity contribution in [3.8, 4) is 0 Å². The molecule has 0 spiro atoms. The second-order valence-electron chi connectivity index (χ2n) is 5.26. The number of carbonyl (C=O) groups excluding carboxylic acids is 1. The molecule has 0 aliphatic carbocycles. The van der Waals surface area contributed by atoms with E-state index in [-0.39, 0.29) is 11.9 Å². The highest BCUT2D eigenvalue weighted by molar-refractivity contribution is 5.76. The van der Waals surface area contributed by atoms with Crippen molar-refractivity contribution in [2.75, 3.05) is 6.54 Å². The molecule has 1 aromatic carbocycles. The highest BCUT2D eigenvalue weighted by atomic mass is 16.3. The first-order chi connectivity index (χ1) is 9.50. The van der Waals surface area contributed by atoms with Gasteiger partial charge in [0.05, 0.1) is 5.60 Å². The average molecular weight is 278 g/mol. The molecule has 20 heavy (non-hydrogen) atoms. The van der Waals surface area contributed by atoms with Crippen molar-refractivity contribution in [2.24, 2.45) is 5.73 Å². The standard InChI is InChI=1S/C16H26N2O2/c1-3-16(20,4-2)12-18-15(19)11-10-14(17)13-8-6-5-7-9-13/h5-9,14,20H,3-4,10-12,17H2,1-2H3,(H,18,19). The molecular weight excluding hydrogens is 252 g/mol. The van der Waals surface area contributed by atoms with Gasteiger partial charge in [0.15, 0.2) is 0 Å². The molecule has 4 N–H and O–H groups in total. The van der Waals surface area contributed by atoms with Crippen molar-refractivity contribution in [3.05, 3.63) is 35.9 Å². The van der Waals surface area contributed by atoms with Crippen molar-refractivity contribution in [1.29, 1.82) is 0 Å². The quantitative estimate of drug-likeness (QED) is 0.682. The van der Waals surface area contributed by atoms with Gasteiger partial charge in [-0.05, 0) is 24.8 Å². The van der Waals surface area contributed by atoms with Gasteiger partial charge in [-0.2, -0.15) is 0 Å². The number of amides is 1. The van der Waals surface area contributed by atoms with Crippen LogP contribution in [0, 0.1) is 0 Å². The zero-order chi connectivity index (χ0) is 15.0. The van der Waals surface area contributed by atoms with Crippen LogP contribution in [0.4, 0.5) is 0 Å². The van der Waals surface area contributed by atoms with Gasteiger partial charge < -0.3 is 16.2 Å². The lowest BCUT2D eigenvalue weighted by Crippen LogP contribution is -2.42. The summed E-state index contributed by atoms with van der Waals surface area (Å²) in [5.74, 6) is -0.0586. The molecule has 1 aromatic rings. The number of carbonyl (C=O) groups is 1. The summed E-state index contributed by atoms with van der Waals surface area (Å²) < 4.78 is 0. The van der Waals surface area contributed by atoms with Crippen LogP contribution in [0.2, 0.25) is 0 Å². The highest BCUT2D eigenvalue weighted by Crippen LogP contribution is 2.16. The first-order valence-electron chi connectivity index (χ1n) is 7.30. The molecule has 0 saturated carbocycles. The van der Waals surface area contributed by atoms with Crippen molar-refractivity contribution < 1.29 is 9.90 Å². The number of rotatable bonds is 8. The monoisotopic (exact) mass is 278 g/mol. The Morgan fingerprint density at radius 2 is 1.90 bits per heavy atom. The number of aliphatic hydroxyl groups is 1. The van der Waals surface area contributed by atoms with Gasteiger partial charge in [-0.1, -0.05) is 44.2 Å². The number of nitrogens with one attached hydrogen (secondary N) is 1. The van der Waals surface area contributed by atoms with Crippen LogP contribution in [0.25, 0.3) is 0 Å². The van der Waals surface area contributed by atoms with Gasteiger partial charge in [-0.3, -0.25) is 4.79 Å². The van der Waals surface area contributed by atoms with Crippen LogP contribution in [-0.2, 0) is 4.79 Å². The fourth-order valence-corrected chi connectivity index (χ4v) is 2.00. The summed E-state index contributed by atoms with van der Waals surface area (Å²) in [5.41, 5.74) is 6.29. The van der Waals surface area contributed by atoms with E-state index in [2.05, 4.69) is 5.32 Å². The van der Waals surface area contributed by atoms with Crippen LogP contribution in [0.1, 0.15) is 51.1 Å². The maximum atomic E-state index is 11.8. The maximum Gasteiger partial charge on any atom is 0.220 e. The fourth-order valence-electron chi connectivity index (χ4n) is 2.00. The van der Waals surface area contributed by atoms with E-state index in [4.69, 9.17) is 5.73 Å². The van der Waals surface area contributed by atoms with Gasteiger partial charge in [0, 0.05) is 19.0 Å². The van der Waals surface area contributed by atoms with Crippen molar-refractivity contribution in [1.82, 2.24) is 5.32 Å². The van der Waals surface area contributed by atoms with Gasteiger partial charge in [-0.25, -0.2) is 0 Å². The van der Waals surface area contributed by atoms with Crippen LogP contribution in [0.15, 0.2) is 30.3 Å². The van der Waals surface area contributed by atoms with Crippen molar-refractivity contribution in [2.45, 2.75) is 51.2 Å². The van der Waals surface area contributed by atoms with E-state index < -0.39 is 5.60 Å². The Balaban J connectivity index is 2.33. The molecule has 0 radical (unpaired) electrons. The van der Waals surface area contributed by atoms with Gasteiger partial charge in [-0.15, -0.1) is 0 Å². The lowest BCUT2D eigenvalue weighted by atomic mass is 9.97. The average Bonchev–Trinajstić information content (AvgIpc) is 2.51. The van der Waals surface area contributed by atoms with E-state index >= 15 is 0 Å². The first kappa shape index (κ1) is 16.7. The van der Waals surface area contributed by atoms with E-state index in [9.17, 15) is 9.90 Å². The minimum absolute atomic E-state index is 0.0586. The molecule has 1 amide bonds. The third-order valence-corrected chi connectivity index (χ3v) is 3.84. The van der Waals surface area contributed by atoms with Gasteiger partial charge in [0.1, 0.15) is 0 Å². The molecule has 0 heterocycles. The topological polar surface area (TPSA) is 75.3 Å². The summed E-state index contributed by atoms with van der Waals surface area (Å²) in [6, 6.07) is 9.64. The molecule has 1 rings (SSSR count). The molecule has 0 aromatic heterocycles. The Kier molecular flexibility index (Phi) is 6.68. The second kappa shape index (κ2) is 8.02. The van der Waals surface area contributed by atoms with Crippen molar-refractivity contribution >= 4 is 5.91 Å². The molecule has 1 atom stereocenters.